The van der Waals surface area contributed by atoms with Crippen molar-refractivity contribution in [3.05, 3.63) is 83.4 Å². The minimum absolute atomic E-state index is 0.228. The molecule has 4 rings (SSSR count). The molecule has 0 atom stereocenters. The lowest BCUT2D eigenvalue weighted by Gasteiger charge is -2.18. The zero-order valence-corrected chi connectivity index (χ0v) is 20.8. The minimum Gasteiger partial charge on any atom is -0.492 e. The molecule has 1 aliphatic heterocycles. The van der Waals surface area contributed by atoms with Gasteiger partial charge in [-0.25, -0.2) is 0 Å². The summed E-state index contributed by atoms with van der Waals surface area (Å²) < 4.78 is 22.0. The van der Waals surface area contributed by atoms with Gasteiger partial charge in [-0.05, 0) is 77.2 Å². The summed E-state index contributed by atoms with van der Waals surface area (Å²) in [4.78, 5) is 18.4. The Hall–Kier alpha value is -3.09. The molecule has 1 aliphatic rings. The van der Waals surface area contributed by atoms with Crippen LogP contribution in [0.25, 0.3) is 11.1 Å². The van der Waals surface area contributed by atoms with Gasteiger partial charge in [0.15, 0.2) is 11.5 Å². The predicted molar refractivity (Wildman–Crippen MR) is 138 cm³/mol. The molecule has 0 fully saturated rings. The highest BCUT2D eigenvalue weighted by molar-refractivity contribution is 7.39. The topological polar surface area (TPSA) is 89.4 Å². The highest BCUT2D eigenvalue weighted by Gasteiger charge is 2.18. The average Bonchev–Trinajstić information content (AvgIpc) is 3.34. The van der Waals surface area contributed by atoms with Crippen LogP contribution in [0.3, 0.4) is 0 Å². The van der Waals surface area contributed by atoms with Gasteiger partial charge in [0.25, 0.3) is 0 Å². The molecule has 0 radical (unpaired) electrons. The molecule has 0 saturated heterocycles. The number of nitrogens with one attached hydrogen (secondary N) is 1. The van der Waals surface area contributed by atoms with Gasteiger partial charge in [0.1, 0.15) is 18.1 Å². The summed E-state index contributed by atoms with van der Waals surface area (Å²) in [5.74, 6) is 2.70. The number of allylic oxidation sites excluding steroid dienone is 1. The molecule has 0 spiro atoms. The molecule has 0 unspecified atom stereocenters. The molecule has 8 heteroatoms. The van der Waals surface area contributed by atoms with Gasteiger partial charge in [-0.1, -0.05) is 44.2 Å². The van der Waals surface area contributed by atoms with E-state index in [9.17, 15) is 9.79 Å². The Morgan fingerprint density at radius 3 is 2.11 bits per heavy atom. The van der Waals surface area contributed by atoms with Crippen LogP contribution in [0, 0.1) is 0 Å². The van der Waals surface area contributed by atoms with Gasteiger partial charge >= 0.3 is 8.60 Å². The van der Waals surface area contributed by atoms with E-state index in [4.69, 9.17) is 18.7 Å². The summed E-state index contributed by atoms with van der Waals surface area (Å²) in [6, 6.07) is 21.4. The SMILES string of the molecule is CCNCCOc1ccc(/C(=C(/CC)c2ccc3c(c2)OCO3)c2ccc(OP(O)O)cc2)cc1. The van der Waals surface area contributed by atoms with E-state index >= 15 is 0 Å². The van der Waals surface area contributed by atoms with Gasteiger partial charge in [0.05, 0.1) is 0 Å². The molecule has 0 aromatic heterocycles. The molecule has 184 valence electrons. The number of likely N-dealkylation sites (N-methyl/N-ethyl adjacent to an activating group) is 1. The Bertz CT molecular complexity index is 1150. The van der Waals surface area contributed by atoms with Crippen LogP contribution in [-0.4, -0.2) is 36.3 Å². The molecular weight excluding hydrogens is 465 g/mol. The van der Waals surface area contributed by atoms with E-state index in [1.807, 2.05) is 42.5 Å². The second-order valence-corrected chi connectivity index (χ2v) is 8.56. The van der Waals surface area contributed by atoms with Crippen LogP contribution in [0.1, 0.15) is 37.0 Å². The largest absolute Gasteiger partial charge is 0.492 e. The maximum Gasteiger partial charge on any atom is 0.391 e. The first-order chi connectivity index (χ1) is 17.1. The highest BCUT2D eigenvalue weighted by atomic mass is 31.2. The standard InChI is InChI=1S/C27H30NO6P/c1-3-24(21-9-14-25-26(17-21)33-18-32-25)27(20-7-12-23(13-8-20)34-35(29)30)19-5-10-22(11-6-19)31-16-15-28-4-2/h5-14,17,28-30H,3-4,15-16,18H2,1-2H3/b27-24+. The van der Waals surface area contributed by atoms with Gasteiger partial charge in [0.2, 0.25) is 6.79 Å². The number of benzene rings is 3. The van der Waals surface area contributed by atoms with E-state index in [1.54, 1.807) is 12.1 Å². The molecule has 3 aromatic carbocycles. The molecule has 0 amide bonds. The van der Waals surface area contributed by atoms with Crippen LogP contribution in [0.5, 0.6) is 23.0 Å². The summed E-state index contributed by atoms with van der Waals surface area (Å²) in [5, 5.41) is 3.25. The molecule has 7 nitrogen and oxygen atoms in total. The molecule has 0 bridgehead atoms. The maximum atomic E-state index is 9.18. The predicted octanol–water partition coefficient (Wildman–Crippen LogP) is 5.36. The Kier molecular flexibility index (Phi) is 8.61. The fourth-order valence-electron chi connectivity index (χ4n) is 4.04. The lowest BCUT2D eigenvalue weighted by molar-refractivity contribution is 0.174. The third-order valence-corrected chi connectivity index (χ3v) is 6.02. The van der Waals surface area contributed by atoms with Crippen LogP contribution in [0.4, 0.5) is 0 Å². The van der Waals surface area contributed by atoms with Crippen LogP contribution in [-0.2, 0) is 0 Å². The number of ether oxygens (including phenoxy) is 3. The number of hydrogen-bond donors (Lipinski definition) is 3. The van der Waals surface area contributed by atoms with E-state index in [0.717, 1.165) is 64.6 Å². The fourth-order valence-corrected chi connectivity index (χ4v) is 4.35. The first-order valence-corrected chi connectivity index (χ1v) is 12.8. The monoisotopic (exact) mass is 495 g/mol. The van der Waals surface area contributed by atoms with Crippen molar-refractivity contribution in [1.82, 2.24) is 5.32 Å². The normalized spacial score (nSPS) is 13.1. The highest BCUT2D eigenvalue weighted by Crippen LogP contribution is 2.40. The molecule has 0 aliphatic carbocycles. The third-order valence-electron chi connectivity index (χ3n) is 5.65. The van der Waals surface area contributed by atoms with Gasteiger partial charge in [-0.3, -0.25) is 0 Å². The molecular formula is C27H30NO6P. The van der Waals surface area contributed by atoms with Gasteiger partial charge in [0, 0.05) is 6.54 Å². The van der Waals surface area contributed by atoms with Gasteiger partial charge in [-0.2, -0.15) is 0 Å². The molecule has 3 N–H and O–H groups in total. The van der Waals surface area contributed by atoms with Crippen molar-refractivity contribution in [2.75, 3.05) is 26.5 Å². The number of hydrogen-bond acceptors (Lipinski definition) is 7. The van der Waals surface area contributed by atoms with Gasteiger partial charge in [-0.15, -0.1) is 0 Å². The minimum atomic E-state index is -2.47. The summed E-state index contributed by atoms with van der Waals surface area (Å²) >= 11 is 0. The average molecular weight is 496 g/mol. The van der Waals surface area contributed by atoms with Crippen molar-refractivity contribution in [1.29, 1.82) is 0 Å². The summed E-state index contributed by atoms with van der Waals surface area (Å²) in [6.45, 7) is 6.74. The second-order valence-electron chi connectivity index (χ2n) is 7.87. The van der Waals surface area contributed by atoms with Crippen LogP contribution in [0.15, 0.2) is 66.7 Å². The first-order valence-electron chi connectivity index (χ1n) is 11.6. The fraction of sp³-hybridized carbons (Fsp3) is 0.259. The van der Waals surface area contributed by atoms with Crippen molar-refractivity contribution in [3.8, 4) is 23.0 Å². The Labute approximate surface area is 206 Å². The van der Waals surface area contributed by atoms with Gasteiger partial charge < -0.3 is 33.8 Å². The van der Waals surface area contributed by atoms with E-state index in [1.165, 1.54) is 0 Å². The van der Waals surface area contributed by atoms with Crippen LogP contribution < -0.4 is 24.1 Å². The molecule has 35 heavy (non-hydrogen) atoms. The van der Waals surface area contributed by atoms with Crippen LogP contribution in [0.2, 0.25) is 0 Å². The number of fused-ring (bicyclic) bond motifs is 1. The maximum absolute atomic E-state index is 9.18. The summed E-state index contributed by atoms with van der Waals surface area (Å²) in [7, 11) is -2.47. The van der Waals surface area contributed by atoms with Crippen molar-refractivity contribution >= 4 is 19.7 Å². The lowest BCUT2D eigenvalue weighted by atomic mass is 9.88. The Morgan fingerprint density at radius 1 is 0.857 bits per heavy atom. The third kappa shape index (κ3) is 6.32. The van der Waals surface area contributed by atoms with Crippen molar-refractivity contribution < 1.29 is 28.5 Å². The number of rotatable bonds is 11. The second kappa shape index (κ2) is 12.0. The van der Waals surface area contributed by atoms with Crippen molar-refractivity contribution in [2.45, 2.75) is 20.3 Å². The van der Waals surface area contributed by atoms with E-state index < -0.39 is 8.60 Å². The van der Waals surface area contributed by atoms with Crippen LogP contribution >= 0.6 is 8.60 Å². The summed E-state index contributed by atoms with van der Waals surface area (Å²) in [5.41, 5.74) is 5.27. The molecule has 1 heterocycles. The van der Waals surface area contributed by atoms with E-state index in [-0.39, 0.29) is 6.79 Å². The Balaban J connectivity index is 1.73. The lowest BCUT2D eigenvalue weighted by Crippen LogP contribution is -2.20. The van der Waals surface area contributed by atoms with E-state index in [2.05, 4.69) is 31.3 Å². The zero-order valence-electron chi connectivity index (χ0n) is 19.9. The Morgan fingerprint density at radius 2 is 1.49 bits per heavy atom. The van der Waals surface area contributed by atoms with Crippen molar-refractivity contribution in [3.63, 3.8) is 0 Å². The quantitative estimate of drug-likeness (QED) is 0.187. The zero-order chi connectivity index (χ0) is 24.6. The van der Waals surface area contributed by atoms with E-state index in [0.29, 0.717) is 12.4 Å². The first kappa shape index (κ1) is 25.0. The smallest absolute Gasteiger partial charge is 0.391 e. The molecule has 3 aromatic rings. The molecule has 0 saturated carbocycles. The van der Waals surface area contributed by atoms with Crippen molar-refractivity contribution in [2.24, 2.45) is 0 Å². The summed E-state index contributed by atoms with van der Waals surface area (Å²) in [6.07, 6.45) is 0.784.